The van der Waals surface area contributed by atoms with Gasteiger partial charge in [-0.15, -0.1) is 0 Å². The maximum absolute atomic E-state index is 12.4. The van der Waals surface area contributed by atoms with Crippen molar-refractivity contribution in [3.63, 3.8) is 0 Å². The number of benzene rings is 1. The molecular weight excluding hydrogens is 250 g/mol. The van der Waals surface area contributed by atoms with Crippen LogP contribution in [0, 0.1) is 13.8 Å². The lowest BCUT2D eigenvalue weighted by Crippen LogP contribution is -2.15. The molecule has 2 rings (SSSR count). The third-order valence-corrected chi connectivity index (χ3v) is 3.04. The molecule has 0 radical (unpaired) electrons. The summed E-state index contributed by atoms with van der Waals surface area (Å²) in [6.07, 6.45) is 1.71. The van der Waals surface area contributed by atoms with Crippen molar-refractivity contribution in [3.05, 3.63) is 53.3 Å². The standard InChI is InChI=1S/C16H19N3O/c1-4-17-15-10-11(2)7-8-13(15)16(20)19-14-6-5-9-18-12(14)3/h5-10,17H,4H2,1-3H3,(H,19,20). The summed E-state index contributed by atoms with van der Waals surface area (Å²) < 4.78 is 0. The summed E-state index contributed by atoms with van der Waals surface area (Å²) in [6.45, 7) is 6.66. The molecule has 0 bridgehead atoms. The number of carbonyl (C=O) groups excluding carboxylic acids is 1. The highest BCUT2D eigenvalue weighted by molar-refractivity contribution is 6.08. The smallest absolute Gasteiger partial charge is 0.257 e. The molecule has 0 aliphatic carbocycles. The van der Waals surface area contributed by atoms with E-state index >= 15 is 0 Å². The Kier molecular flexibility index (Phi) is 4.35. The number of aryl methyl sites for hydroxylation is 2. The third-order valence-electron chi connectivity index (χ3n) is 3.04. The molecule has 104 valence electrons. The van der Waals surface area contributed by atoms with Crippen molar-refractivity contribution in [2.75, 3.05) is 17.2 Å². The monoisotopic (exact) mass is 269 g/mol. The molecular formula is C16H19N3O. The number of nitrogens with zero attached hydrogens (tertiary/aromatic N) is 1. The number of nitrogens with one attached hydrogen (secondary N) is 2. The van der Waals surface area contributed by atoms with Crippen LogP contribution < -0.4 is 10.6 Å². The van der Waals surface area contributed by atoms with E-state index in [1.54, 1.807) is 6.20 Å². The van der Waals surface area contributed by atoms with Gasteiger partial charge in [-0.05, 0) is 50.6 Å². The molecule has 0 aliphatic heterocycles. The zero-order valence-corrected chi connectivity index (χ0v) is 12.0. The second-order valence-electron chi connectivity index (χ2n) is 4.67. The Morgan fingerprint density at radius 2 is 2.00 bits per heavy atom. The lowest BCUT2D eigenvalue weighted by molar-refractivity contribution is 0.102. The summed E-state index contributed by atoms with van der Waals surface area (Å²) in [5.41, 5.74) is 4.15. The van der Waals surface area contributed by atoms with Gasteiger partial charge in [-0.1, -0.05) is 6.07 Å². The Bertz CT molecular complexity index is 623. The van der Waals surface area contributed by atoms with Crippen LogP contribution in [0.5, 0.6) is 0 Å². The second kappa shape index (κ2) is 6.19. The van der Waals surface area contributed by atoms with E-state index in [1.165, 1.54) is 0 Å². The summed E-state index contributed by atoms with van der Waals surface area (Å²) >= 11 is 0. The molecule has 0 unspecified atom stereocenters. The first-order valence-electron chi connectivity index (χ1n) is 6.69. The summed E-state index contributed by atoms with van der Waals surface area (Å²) in [5, 5.41) is 6.13. The summed E-state index contributed by atoms with van der Waals surface area (Å²) in [5.74, 6) is -0.128. The van der Waals surface area contributed by atoms with E-state index in [1.807, 2.05) is 51.1 Å². The highest BCUT2D eigenvalue weighted by atomic mass is 16.1. The van der Waals surface area contributed by atoms with Gasteiger partial charge in [-0.3, -0.25) is 9.78 Å². The van der Waals surface area contributed by atoms with Gasteiger partial charge in [0.05, 0.1) is 16.9 Å². The van der Waals surface area contributed by atoms with Crippen molar-refractivity contribution in [1.82, 2.24) is 4.98 Å². The average molecular weight is 269 g/mol. The first kappa shape index (κ1) is 14.1. The molecule has 1 heterocycles. The van der Waals surface area contributed by atoms with Gasteiger partial charge in [0.1, 0.15) is 0 Å². The van der Waals surface area contributed by atoms with Gasteiger partial charge in [0.25, 0.3) is 5.91 Å². The molecule has 1 aromatic carbocycles. The Balaban J connectivity index is 2.27. The van der Waals surface area contributed by atoms with Gasteiger partial charge >= 0.3 is 0 Å². The lowest BCUT2D eigenvalue weighted by Gasteiger charge is -2.12. The number of pyridine rings is 1. The minimum absolute atomic E-state index is 0.128. The summed E-state index contributed by atoms with van der Waals surface area (Å²) in [6, 6.07) is 9.42. The summed E-state index contributed by atoms with van der Waals surface area (Å²) in [4.78, 5) is 16.6. The topological polar surface area (TPSA) is 54.0 Å². The number of rotatable bonds is 4. The molecule has 4 heteroatoms. The molecule has 0 fully saturated rings. The van der Waals surface area contributed by atoms with Crippen molar-refractivity contribution < 1.29 is 4.79 Å². The second-order valence-corrected chi connectivity index (χ2v) is 4.67. The Hall–Kier alpha value is -2.36. The largest absolute Gasteiger partial charge is 0.385 e. The number of hydrogen-bond donors (Lipinski definition) is 2. The minimum Gasteiger partial charge on any atom is -0.385 e. The van der Waals surface area contributed by atoms with Gasteiger partial charge in [0.2, 0.25) is 0 Å². The van der Waals surface area contributed by atoms with Crippen LogP contribution >= 0.6 is 0 Å². The number of carbonyl (C=O) groups is 1. The Morgan fingerprint density at radius 3 is 2.70 bits per heavy atom. The van der Waals surface area contributed by atoms with Gasteiger partial charge in [0.15, 0.2) is 0 Å². The van der Waals surface area contributed by atoms with Crippen molar-refractivity contribution >= 4 is 17.3 Å². The van der Waals surface area contributed by atoms with E-state index in [9.17, 15) is 4.79 Å². The van der Waals surface area contributed by atoms with Crippen LogP contribution in [0.15, 0.2) is 36.5 Å². The first-order chi connectivity index (χ1) is 9.61. The number of hydrogen-bond acceptors (Lipinski definition) is 3. The molecule has 20 heavy (non-hydrogen) atoms. The molecule has 0 aliphatic rings. The number of amides is 1. The van der Waals surface area contributed by atoms with Crippen LogP contribution in [0.2, 0.25) is 0 Å². The van der Waals surface area contributed by atoms with Gasteiger partial charge in [-0.2, -0.15) is 0 Å². The van der Waals surface area contributed by atoms with Crippen molar-refractivity contribution in [2.45, 2.75) is 20.8 Å². The quantitative estimate of drug-likeness (QED) is 0.894. The Morgan fingerprint density at radius 1 is 1.20 bits per heavy atom. The SMILES string of the molecule is CCNc1cc(C)ccc1C(=O)Nc1cccnc1C. The molecule has 2 N–H and O–H groups in total. The van der Waals surface area contributed by atoms with Crippen molar-refractivity contribution in [2.24, 2.45) is 0 Å². The zero-order valence-electron chi connectivity index (χ0n) is 12.0. The van der Waals surface area contributed by atoms with Crippen LogP contribution in [-0.2, 0) is 0 Å². The predicted octanol–water partition coefficient (Wildman–Crippen LogP) is 3.38. The highest BCUT2D eigenvalue weighted by Gasteiger charge is 2.12. The first-order valence-corrected chi connectivity index (χ1v) is 6.69. The van der Waals surface area contributed by atoms with E-state index in [2.05, 4.69) is 15.6 Å². The van der Waals surface area contributed by atoms with E-state index in [-0.39, 0.29) is 5.91 Å². The van der Waals surface area contributed by atoms with Crippen LogP contribution in [0.4, 0.5) is 11.4 Å². The normalized spacial score (nSPS) is 10.2. The number of aromatic nitrogens is 1. The molecule has 1 amide bonds. The number of anilines is 2. The minimum atomic E-state index is -0.128. The molecule has 0 spiro atoms. The molecule has 0 saturated carbocycles. The predicted molar refractivity (Wildman–Crippen MR) is 82.3 cm³/mol. The highest BCUT2D eigenvalue weighted by Crippen LogP contribution is 2.20. The van der Waals surface area contributed by atoms with E-state index in [0.29, 0.717) is 5.56 Å². The Labute approximate surface area is 119 Å². The average Bonchev–Trinajstić information content (AvgIpc) is 2.42. The third kappa shape index (κ3) is 3.15. The fourth-order valence-electron chi connectivity index (χ4n) is 2.00. The van der Waals surface area contributed by atoms with Crippen LogP contribution in [0.25, 0.3) is 0 Å². The van der Waals surface area contributed by atoms with Crippen LogP contribution in [0.1, 0.15) is 28.5 Å². The fraction of sp³-hybridized carbons (Fsp3) is 0.250. The van der Waals surface area contributed by atoms with Gasteiger partial charge in [0, 0.05) is 18.4 Å². The maximum atomic E-state index is 12.4. The molecule has 4 nitrogen and oxygen atoms in total. The van der Waals surface area contributed by atoms with Crippen LogP contribution in [-0.4, -0.2) is 17.4 Å². The van der Waals surface area contributed by atoms with E-state index in [0.717, 1.165) is 29.2 Å². The summed E-state index contributed by atoms with van der Waals surface area (Å²) in [7, 11) is 0. The fourth-order valence-corrected chi connectivity index (χ4v) is 2.00. The van der Waals surface area contributed by atoms with Gasteiger partial charge < -0.3 is 10.6 Å². The van der Waals surface area contributed by atoms with Crippen molar-refractivity contribution in [1.29, 1.82) is 0 Å². The van der Waals surface area contributed by atoms with E-state index < -0.39 is 0 Å². The van der Waals surface area contributed by atoms with E-state index in [4.69, 9.17) is 0 Å². The lowest BCUT2D eigenvalue weighted by atomic mass is 10.1. The maximum Gasteiger partial charge on any atom is 0.257 e. The zero-order chi connectivity index (χ0) is 14.5. The molecule has 0 saturated heterocycles. The molecule has 1 aromatic heterocycles. The van der Waals surface area contributed by atoms with Crippen LogP contribution in [0.3, 0.4) is 0 Å². The molecule has 0 atom stereocenters. The van der Waals surface area contributed by atoms with Crippen molar-refractivity contribution in [3.8, 4) is 0 Å². The molecule has 2 aromatic rings. The van der Waals surface area contributed by atoms with Gasteiger partial charge in [-0.25, -0.2) is 0 Å².